The molecule has 0 spiro atoms. The normalized spacial score (nSPS) is 13.8. The highest BCUT2D eigenvalue weighted by molar-refractivity contribution is 6.03. The average Bonchev–Trinajstić information content (AvgIpc) is 3.71. The second-order valence-corrected chi connectivity index (χ2v) is 11.8. The molecular formula is C32H37N11O4. The van der Waals surface area contributed by atoms with Crippen LogP contribution in [0, 0.1) is 12.8 Å². The van der Waals surface area contributed by atoms with Gasteiger partial charge in [0.2, 0.25) is 29.6 Å². The zero-order valence-corrected chi connectivity index (χ0v) is 26.3. The Morgan fingerprint density at radius 2 is 1.51 bits per heavy atom. The van der Waals surface area contributed by atoms with E-state index in [-0.39, 0.29) is 24.3 Å². The lowest BCUT2D eigenvalue weighted by Gasteiger charge is -2.32. The summed E-state index contributed by atoms with van der Waals surface area (Å²) in [5.74, 6) is -0.617. The van der Waals surface area contributed by atoms with E-state index in [1.54, 1.807) is 51.7 Å². The Kier molecular flexibility index (Phi) is 8.36. The van der Waals surface area contributed by atoms with Crippen LogP contribution in [0.5, 0.6) is 0 Å². The molecule has 0 aliphatic carbocycles. The van der Waals surface area contributed by atoms with Gasteiger partial charge in [-0.25, -0.2) is 9.97 Å². The van der Waals surface area contributed by atoms with Gasteiger partial charge in [-0.2, -0.15) is 5.10 Å². The molecule has 0 atom stereocenters. The minimum atomic E-state index is -0.561. The molecule has 0 bridgehead atoms. The molecule has 6 rings (SSSR count). The number of nitrogens with two attached hydrogens (primary N) is 3. The van der Waals surface area contributed by atoms with Crippen LogP contribution in [-0.2, 0) is 24.4 Å². The van der Waals surface area contributed by atoms with E-state index in [0.717, 1.165) is 30.5 Å². The lowest BCUT2D eigenvalue weighted by Crippen LogP contribution is -2.40. The zero-order chi connectivity index (χ0) is 33.4. The number of nitrogen functional groups attached to an aromatic ring is 1. The molecule has 2 aromatic carbocycles. The maximum atomic E-state index is 13.3. The van der Waals surface area contributed by atoms with Crippen LogP contribution in [0.4, 0.5) is 11.9 Å². The number of hydrogen-bond donors (Lipinski definition) is 4. The van der Waals surface area contributed by atoms with Gasteiger partial charge in [0, 0.05) is 37.3 Å². The number of carbonyl (C=O) groups is 4. The second kappa shape index (κ2) is 12.6. The zero-order valence-electron chi connectivity index (χ0n) is 26.3. The third-order valence-corrected chi connectivity index (χ3v) is 8.78. The van der Waals surface area contributed by atoms with Crippen LogP contribution in [0.1, 0.15) is 63.1 Å². The van der Waals surface area contributed by atoms with Crippen molar-refractivity contribution in [3.63, 3.8) is 0 Å². The molecule has 1 fully saturated rings. The molecule has 244 valence electrons. The molecule has 0 radical (unpaired) electrons. The highest BCUT2D eigenvalue weighted by Gasteiger charge is 2.25. The molecule has 7 N–H and O–H groups in total. The minimum absolute atomic E-state index is 0.0384. The van der Waals surface area contributed by atoms with E-state index in [1.165, 1.54) is 0 Å². The van der Waals surface area contributed by atoms with Gasteiger partial charge in [0.1, 0.15) is 12.2 Å². The first kappa shape index (κ1) is 31.3. The van der Waals surface area contributed by atoms with E-state index in [2.05, 4.69) is 20.4 Å². The number of rotatable bonds is 10. The number of carbonyl (C=O) groups excluding carboxylic acids is 4. The summed E-state index contributed by atoms with van der Waals surface area (Å²) in [5, 5.41) is 7.33. The lowest BCUT2D eigenvalue weighted by atomic mass is 9.93. The first-order chi connectivity index (χ1) is 22.5. The van der Waals surface area contributed by atoms with Crippen molar-refractivity contribution in [1.82, 2.24) is 33.8 Å². The third-order valence-electron chi connectivity index (χ3n) is 8.78. The summed E-state index contributed by atoms with van der Waals surface area (Å²) in [7, 11) is 0. The van der Waals surface area contributed by atoms with Crippen molar-refractivity contribution in [3.8, 4) is 0 Å². The quantitative estimate of drug-likeness (QED) is 0.177. The first-order valence-corrected chi connectivity index (χ1v) is 15.5. The Morgan fingerprint density at radius 1 is 0.894 bits per heavy atom. The van der Waals surface area contributed by atoms with Crippen LogP contribution >= 0.6 is 0 Å². The van der Waals surface area contributed by atoms with Crippen LogP contribution in [0.3, 0.4) is 0 Å². The van der Waals surface area contributed by atoms with E-state index in [9.17, 15) is 19.2 Å². The van der Waals surface area contributed by atoms with Crippen molar-refractivity contribution in [2.75, 3.05) is 24.1 Å². The van der Waals surface area contributed by atoms with Crippen molar-refractivity contribution in [3.05, 3.63) is 65.0 Å². The standard InChI is InChI=1S/C32H37N11O4/c1-3-43-26(14-18(2)39-43)30(47)38-32-37-23-16-21(29(34)46)4-6-24(23)41(32)13-10-19-8-11-40(12-9-19)27(44)17-42-25-7-5-20(28(33)45)15-22(25)36-31(42)35/h4-7,14-16,19H,3,8-13,17H2,1-2H3,(H2,33,45)(H2,34,46)(H2,35,36)(H,37,38,47). The number of imidazole rings is 2. The molecule has 1 aliphatic rings. The molecule has 5 aromatic rings. The fourth-order valence-corrected chi connectivity index (χ4v) is 6.23. The monoisotopic (exact) mass is 639 g/mol. The molecule has 4 amide bonds. The number of aryl methyl sites for hydroxylation is 3. The molecule has 4 heterocycles. The molecule has 1 saturated heterocycles. The highest BCUT2D eigenvalue weighted by Crippen LogP contribution is 2.27. The fourth-order valence-electron chi connectivity index (χ4n) is 6.23. The fraction of sp³-hybridized carbons (Fsp3) is 0.344. The molecular weight excluding hydrogens is 602 g/mol. The Labute approximate surface area is 269 Å². The second-order valence-electron chi connectivity index (χ2n) is 11.8. The number of amides is 4. The Morgan fingerprint density at radius 3 is 2.13 bits per heavy atom. The summed E-state index contributed by atoms with van der Waals surface area (Å²) in [6, 6.07) is 11.7. The van der Waals surface area contributed by atoms with Crippen molar-refractivity contribution in [2.45, 2.75) is 52.7 Å². The van der Waals surface area contributed by atoms with Gasteiger partial charge in [0.15, 0.2) is 0 Å². The minimum Gasteiger partial charge on any atom is -0.369 e. The summed E-state index contributed by atoms with van der Waals surface area (Å²) < 4.78 is 5.24. The largest absolute Gasteiger partial charge is 0.369 e. The first-order valence-electron chi connectivity index (χ1n) is 15.5. The lowest BCUT2D eigenvalue weighted by molar-refractivity contribution is -0.133. The van der Waals surface area contributed by atoms with Crippen LogP contribution in [0.2, 0.25) is 0 Å². The Bertz CT molecular complexity index is 2030. The number of benzene rings is 2. The predicted molar refractivity (Wildman–Crippen MR) is 175 cm³/mol. The van der Waals surface area contributed by atoms with Crippen LogP contribution in [-0.4, -0.2) is 70.5 Å². The number of aromatic nitrogens is 6. The van der Waals surface area contributed by atoms with Crippen molar-refractivity contribution in [1.29, 1.82) is 0 Å². The molecule has 15 heteroatoms. The number of primary amides is 2. The van der Waals surface area contributed by atoms with Gasteiger partial charge in [-0.3, -0.25) is 29.2 Å². The van der Waals surface area contributed by atoms with Crippen molar-refractivity contribution in [2.24, 2.45) is 17.4 Å². The number of anilines is 2. The number of fused-ring (bicyclic) bond motifs is 2. The summed E-state index contributed by atoms with van der Waals surface area (Å²) in [5.41, 5.74) is 21.3. The highest BCUT2D eigenvalue weighted by atomic mass is 16.2. The average molecular weight is 640 g/mol. The maximum Gasteiger partial charge on any atom is 0.276 e. The number of likely N-dealkylation sites (tertiary alicyclic amines) is 1. The smallest absolute Gasteiger partial charge is 0.276 e. The molecule has 0 unspecified atom stereocenters. The molecule has 1 aliphatic heterocycles. The van der Waals surface area contributed by atoms with Crippen LogP contribution in [0.15, 0.2) is 42.5 Å². The SMILES string of the molecule is CCn1nc(C)cc1C(=O)Nc1nc2cc(C(N)=O)ccc2n1CCC1CCN(C(=O)Cn2c(N)nc3cc(C(N)=O)ccc32)CC1. The number of nitrogens with one attached hydrogen (secondary N) is 1. The number of piperidine rings is 1. The van der Waals surface area contributed by atoms with E-state index >= 15 is 0 Å². The molecule has 3 aromatic heterocycles. The topological polar surface area (TPSA) is 215 Å². The van der Waals surface area contributed by atoms with Gasteiger partial charge >= 0.3 is 0 Å². The summed E-state index contributed by atoms with van der Waals surface area (Å²) >= 11 is 0. The van der Waals surface area contributed by atoms with Gasteiger partial charge in [0.05, 0.1) is 27.8 Å². The summed E-state index contributed by atoms with van der Waals surface area (Å²) in [4.78, 5) is 60.7. The van der Waals surface area contributed by atoms with Gasteiger partial charge in [0.25, 0.3) is 5.91 Å². The maximum absolute atomic E-state index is 13.3. The molecule has 0 saturated carbocycles. The molecule has 47 heavy (non-hydrogen) atoms. The molecule has 15 nitrogen and oxygen atoms in total. The van der Waals surface area contributed by atoms with E-state index in [4.69, 9.17) is 17.2 Å². The van der Waals surface area contributed by atoms with Gasteiger partial charge in [-0.1, -0.05) is 0 Å². The summed E-state index contributed by atoms with van der Waals surface area (Å²) in [6.07, 6.45) is 2.41. The van der Waals surface area contributed by atoms with E-state index < -0.39 is 11.8 Å². The van der Waals surface area contributed by atoms with Gasteiger partial charge in [-0.05, 0) is 81.5 Å². The predicted octanol–water partition coefficient (Wildman–Crippen LogP) is 2.27. The Balaban J connectivity index is 1.13. The van der Waals surface area contributed by atoms with Gasteiger partial charge < -0.3 is 31.2 Å². The van der Waals surface area contributed by atoms with Gasteiger partial charge in [-0.15, -0.1) is 0 Å². The van der Waals surface area contributed by atoms with Crippen molar-refractivity contribution < 1.29 is 19.2 Å². The third kappa shape index (κ3) is 6.23. The van der Waals surface area contributed by atoms with Crippen LogP contribution in [0.25, 0.3) is 22.1 Å². The Hall–Kier alpha value is -5.73. The van der Waals surface area contributed by atoms with Crippen LogP contribution < -0.4 is 22.5 Å². The van der Waals surface area contributed by atoms with E-state index in [1.807, 2.05) is 23.3 Å². The summed E-state index contributed by atoms with van der Waals surface area (Å²) in [6.45, 7) is 6.09. The van der Waals surface area contributed by atoms with E-state index in [0.29, 0.717) is 71.4 Å². The number of nitrogens with zero attached hydrogens (tertiary/aromatic N) is 7. The number of hydrogen-bond acceptors (Lipinski definition) is 8. The van der Waals surface area contributed by atoms with Crippen molar-refractivity contribution >= 4 is 57.6 Å².